The lowest BCUT2D eigenvalue weighted by atomic mass is 9.78. The molecule has 5 aromatic rings. The fourth-order valence-electron chi connectivity index (χ4n) is 7.10. The molecule has 0 aliphatic heterocycles. The van der Waals surface area contributed by atoms with E-state index in [1.807, 2.05) is 12.1 Å². The van der Waals surface area contributed by atoms with Crippen LogP contribution in [0.15, 0.2) is 67.0 Å². The molecule has 0 spiro atoms. The number of unbranched alkanes of at least 4 members (excludes halogenated alkanes) is 2. The predicted octanol–water partition coefficient (Wildman–Crippen LogP) is 13.5. The van der Waals surface area contributed by atoms with E-state index in [9.17, 15) is 0 Å². The molecule has 0 amide bonds. The number of rotatable bonds is 14. The molecule has 5 rings (SSSR count). The van der Waals surface area contributed by atoms with E-state index in [2.05, 4.69) is 135 Å². The first kappa shape index (κ1) is 38.0. The minimum atomic E-state index is -0.0645. The highest BCUT2D eigenvalue weighted by Crippen LogP contribution is 2.44. The Balaban J connectivity index is 1.54. The predicted molar refractivity (Wildman–Crippen MR) is 216 cm³/mol. The summed E-state index contributed by atoms with van der Waals surface area (Å²) in [7, 11) is 0. The number of aromatic nitrogens is 2. The molecule has 264 valence electrons. The quantitative estimate of drug-likeness (QED) is 0.0814. The normalized spacial score (nSPS) is 13.9. The molecule has 0 bridgehead atoms. The third kappa shape index (κ3) is 9.36. The van der Waals surface area contributed by atoms with Crippen LogP contribution in [0.1, 0.15) is 107 Å². The SMILES string of the molecule is Cc1ccc2c(c1)c(C(c1ccc(Cl)cc1Cl)c1cn(CCCCOC(CC(C)(C)C)C(C)(C)C)c3ccc(C)cc13)cn2CCCCBr. The molecule has 0 fully saturated rings. The van der Waals surface area contributed by atoms with E-state index in [1.165, 1.54) is 44.1 Å². The van der Waals surface area contributed by atoms with Crippen molar-refractivity contribution >= 4 is 60.9 Å². The van der Waals surface area contributed by atoms with Crippen LogP contribution in [0.4, 0.5) is 0 Å². The first-order valence-corrected chi connectivity index (χ1v) is 19.9. The van der Waals surface area contributed by atoms with Crippen LogP contribution < -0.4 is 0 Å². The van der Waals surface area contributed by atoms with E-state index < -0.39 is 0 Å². The topological polar surface area (TPSA) is 19.1 Å². The zero-order valence-corrected chi connectivity index (χ0v) is 33.9. The van der Waals surface area contributed by atoms with Gasteiger partial charge < -0.3 is 13.9 Å². The van der Waals surface area contributed by atoms with E-state index in [4.69, 9.17) is 27.9 Å². The van der Waals surface area contributed by atoms with Gasteiger partial charge in [0.2, 0.25) is 0 Å². The molecule has 0 aliphatic carbocycles. The van der Waals surface area contributed by atoms with Crippen LogP contribution in [-0.4, -0.2) is 27.2 Å². The lowest BCUT2D eigenvalue weighted by molar-refractivity contribution is -0.0416. The Bertz CT molecular complexity index is 1870. The highest BCUT2D eigenvalue weighted by atomic mass is 79.9. The van der Waals surface area contributed by atoms with Crippen molar-refractivity contribution in [3.8, 4) is 0 Å². The highest BCUT2D eigenvalue weighted by molar-refractivity contribution is 9.09. The number of benzene rings is 3. The van der Waals surface area contributed by atoms with Crippen LogP contribution in [0.3, 0.4) is 0 Å². The van der Waals surface area contributed by atoms with Crippen LogP contribution in [0.25, 0.3) is 21.8 Å². The van der Waals surface area contributed by atoms with E-state index in [0.29, 0.717) is 10.0 Å². The maximum atomic E-state index is 7.10. The fourth-order valence-corrected chi connectivity index (χ4v) is 8.02. The first-order valence-electron chi connectivity index (χ1n) is 18.0. The maximum absolute atomic E-state index is 7.10. The van der Waals surface area contributed by atoms with Crippen molar-refractivity contribution in [2.75, 3.05) is 11.9 Å². The van der Waals surface area contributed by atoms with Gasteiger partial charge in [-0.25, -0.2) is 0 Å². The molecule has 0 saturated heterocycles. The molecule has 6 heteroatoms. The van der Waals surface area contributed by atoms with Gasteiger partial charge in [0, 0.05) is 75.2 Å². The highest BCUT2D eigenvalue weighted by Gasteiger charge is 2.30. The van der Waals surface area contributed by atoms with E-state index >= 15 is 0 Å². The Kier molecular flexibility index (Phi) is 12.4. The number of hydrogen-bond acceptors (Lipinski definition) is 1. The van der Waals surface area contributed by atoms with Crippen molar-refractivity contribution < 1.29 is 4.74 Å². The summed E-state index contributed by atoms with van der Waals surface area (Å²) in [6.45, 7) is 20.8. The summed E-state index contributed by atoms with van der Waals surface area (Å²) >= 11 is 17.2. The van der Waals surface area contributed by atoms with Crippen molar-refractivity contribution in [3.05, 3.63) is 105 Å². The second-order valence-electron chi connectivity index (χ2n) is 16.3. The van der Waals surface area contributed by atoms with Crippen LogP contribution in [0, 0.1) is 24.7 Å². The summed E-state index contributed by atoms with van der Waals surface area (Å²) in [5.74, 6) is -0.0645. The van der Waals surface area contributed by atoms with Crippen molar-refractivity contribution in [2.45, 2.75) is 113 Å². The minimum Gasteiger partial charge on any atom is -0.378 e. The summed E-state index contributed by atoms with van der Waals surface area (Å²) in [6, 6.07) is 19.7. The fraction of sp³-hybridized carbons (Fsp3) is 0.488. The number of ether oxygens (including phenoxy) is 1. The molecule has 2 aromatic heterocycles. The minimum absolute atomic E-state index is 0.0645. The number of halogens is 3. The summed E-state index contributed by atoms with van der Waals surface area (Å²) < 4.78 is 11.5. The second-order valence-corrected chi connectivity index (χ2v) is 17.9. The van der Waals surface area contributed by atoms with Gasteiger partial charge in [-0.05, 0) is 110 Å². The van der Waals surface area contributed by atoms with E-state index in [1.54, 1.807) is 0 Å². The van der Waals surface area contributed by atoms with Crippen molar-refractivity contribution in [1.82, 2.24) is 9.13 Å². The number of nitrogens with zero attached hydrogens (tertiary/aromatic N) is 2. The summed E-state index contributed by atoms with van der Waals surface area (Å²) in [5, 5.41) is 4.92. The zero-order chi connectivity index (χ0) is 35.5. The molecule has 0 radical (unpaired) electrons. The Morgan fingerprint density at radius 2 is 1.24 bits per heavy atom. The Morgan fingerprint density at radius 3 is 1.73 bits per heavy atom. The Labute approximate surface area is 313 Å². The van der Waals surface area contributed by atoms with Gasteiger partial charge in [-0.15, -0.1) is 0 Å². The van der Waals surface area contributed by atoms with Gasteiger partial charge in [0.15, 0.2) is 0 Å². The number of hydrogen-bond donors (Lipinski definition) is 0. The van der Waals surface area contributed by atoms with Crippen LogP contribution in [0.2, 0.25) is 10.0 Å². The van der Waals surface area contributed by atoms with Gasteiger partial charge in [0.25, 0.3) is 0 Å². The molecule has 49 heavy (non-hydrogen) atoms. The summed E-state index contributed by atoms with van der Waals surface area (Å²) in [4.78, 5) is 0. The number of fused-ring (bicyclic) bond motifs is 2. The zero-order valence-electron chi connectivity index (χ0n) is 30.8. The monoisotopic (exact) mass is 764 g/mol. The molecule has 2 atom stereocenters. The third-order valence-corrected chi connectivity index (χ3v) is 10.8. The smallest absolute Gasteiger partial charge is 0.0628 e. The van der Waals surface area contributed by atoms with E-state index in [-0.39, 0.29) is 22.9 Å². The van der Waals surface area contributed by atoms with Crippen molar-refractivity contribution in [3.63, 3.8) is 0 Å². The third-order valence-electron chi connectivity index (χ3n) is 9.69. The van der Waals surface area contributed by atoms with Gasteiger partial charge in [0.1, 0.15) is 0 Å². The van der Waals surface area contributed by atoms with Gasteiger partial charge >= 0.3 is 0 Å². The Morgan fingerprint density at radius 1 is 0.694 bits per heavy atom. The second kappa shape index (κ2) is 16.0. The van der Waals surface area contributed by atoms with E-state index in [0.717, 1.165) is 62.7 Å². The molecular formula is C43H55BrCl2N2O. The van der Waals surface area contributed by atoms with Gasteiger partial charge in [-0.2, -0.15) is 0 Å². The summed E-state index contributed by atoms with van der Waals surface area (Å²) in [6.07, 6.45) is 10.4. The van der Waals surface area contributed by atoms with Crippen LogP contribution >= 0.6 is 39.1 Å². The molecule has 0 aliphatic rings. The molecule has 0 saturated carbocycles. The summed E-state index contributed by atoms with van der Waals surface area (Å²) in [5.41, 5.74) is 9.02. The average molecular weight is 767 g/mol. The lowest BCUT2D eigenvalue weighted by Gasteiger charge is -2.35. The van der Waals surface area contributed by atoms with Gasteiger partial charge in [-0.1, -0.05) is 110 Å². The average Bonchev–Trinajstić information content (AvgIpc) is 3.54. The number of alkyl halides is 1. The Hall–Kier alpha value is -2.24. The molecule has 3 nitrogen and oxygen atoms in total. The molecule has 0 N–H and O–H groups in total. The van der Waals surface area contributed by atoms with Crippen molar-refractivity contribution in [2.24, 2.45) is 10.8 Å². The standard InChI is InChI=1S/C43H55BrCl2N2O/c1-29-13-17-38-33(23-29)35(27-47(38)20-10-9-19-44)41(32-16-15-31(45)25-37(32)46)36-28-48(39-18-14-30(2)24-34(36)39)21-11-12-22-49-40(43(6,7)8)26-42(3,4)5/h13-18,23-25,27-28,40-41H,9-12,19-22,26H2,1-8H3. The maximum Gasteiger partial charge on any atom is 0.0628 e. The largest absolute Gasteiger partial charge is 0.378 e. The van der Waals surface area contributed by atoms with Gasteiger partial charge in [0.05, 0.1) is 6.10 Å². The molecular weight excluding hydrogens is 711 g/mol. The van der Waals surface area contributed by atoms with Crippen molar-refractivity contribution in [1.29, 1.82) is 0 Å². The lowest BCUT2D eigenvalue weighted by Crippen LogP contribution is -2.33. The first-order chi connectivity index (χ1) is 23.2. The van der Waals surface area contributed by atoms with Crippen LogP contribution in [-0.2, 0) is 17.8 Å². The van der Waals surface area contributed by atoms with Gasteiger partial charge in [-0.3, -0.25) is 0 Å². The van der Waals surface area contributed by atoms with Crippen LogP contribution in [0.5, 0.6) is 0 Å². The molecule has 3 aromatic carbocycles. The molecule has 2 unspecified atom stereocenters. The molecule has 2 heterocycles. The number of aryl methyl sites for hydroxylation is 4.